The SMILES string of the molecule is Cc1cc(CNC(C)Cc2ccc(F)cc2)ccc1F. The number of rotatable bonds is 5. The van der Waals surface area contributed by atoms with E-state index in [9.17, 15) is 8.78 Å². The van der Waals surface area contributed by atoms with Gasteiger partial charge in [0.05, 0.1) is 0 Å². The summed E-state index contributed by atoms with van der Waals surface area (Å²) >= 11 is 0. The molecule has 1 nitrogen and oxygen atoms in total. The zero-order valence-electron chi connectivity index (χ0n) is 11.8. The van der Waals surface area contributed by atoms with Gasteiger partial charge in [-0.05, 0) is 55.2 Å². The molecule has 0 heterocycles. The average Bonchev–Trinajstić information content (AvgIpc) is 2.43. The van der Waals surface area contributed by atoms with Crippen LogP contribution in [0.5, 0.6) is 0 Å². The maximum absolute atomic E-state index is 13.2. The maximum atomic E-state index is 13.2. The monoisotopic (exact) mass is 275 g/mol. The molecule has 20 heavy (non-hydrogen) atoms. The lowest BCUT2D eigenvalue weighted by Crippen LogP contribution is -2.27. The largest absolute Gasteiger partial charge is 0.310 e. The predicted molar refractivity (Wildman–Crippen MR) is 77.5 cm³/mol. The Hall–Kier alpha value is -1.74. The summed E-state index contributed by atoms with van der Waals surface area (Å²) in [4.78, 5) is 0. The summed E-state index contributed by atoms with van der Waals surface area (Å²) in [6.07, 6.45) is 0.834. The topological polar surface area (TPSA) is 12.0 Å². The van der Waals surface area contributed by atoms with Gasteiger partial charge >= 0.3 is 0 Å². The fourth-order valence-electron chi connectivity index (χ4n) is 2.16. The second-order valence-corrected chi connectivity index (χ2v) is 5.20. The molecule has 0 spiro atoms. The first-order valence-corrected chi connectivity index (χ1v) is 6.77. The molecule has 0 saturated heterocycles. The lowest BCUT2D eigenvalue weighted by molar-refractivity contribution is 0.543. The summed E-state index contributed by atoms with van der Waals surface area (Å²) in [6.45, 7) is 4.55. The van der Waals surface area contributed by atoms with Gasteiger partial charge in [-0.15, -0.1) is 0 Å². The van der Waals surface area contributed by atoms with Crippen molar-refractivity contribution in [2.75, 3.05) is 0 Å². The molecule has 1 unspecified atom stereocenters. The van der Waals surface area contributed by atoms with Gasteiger partial charge in [0.25, 0.3) is 0 Å². The van der Waals surface area contributed by atoms with Crippen molar-refractivity contribution in [1.82, 2.24) is 5.32 Å². The minimum atomic E-state index is -0.212. The molecule has 0 aliphatic heterocycles. The fourth-order valence-corrected chi connectivity index (χ4v) is 2.16. The Labute approximate surface area is 118 Å². The van der Waals surface area contributed by atoms with Crippen LogP contribution in [-0.4, -0.2) is 6.04 Å². The quantitative estimate of drug-likeness (QED) is 0.870. The molecule has 0 radical (unpaired) electrons. The molecule has 0 amide bonds. The molecule has 106 valence electrons. The minimum absolute atomic E-state index is 0.173. The van der Waals surface area contributed by atoms with Gasteiger partial charge in [0.15, 0.2) is 0 Å². The molecule has 2 aromatic rings. The van der Waals surface area contributed by atoms with Gasteiger partial charge in [-0.2, -0.15) is 0 Å². The smallest absolute Gasteiger partial charge is 0.126 e. The van der Waals surface area contributed by atoms with Gasteiger partial charge in [0, 0.05) is 12.6 Å². The van der Waals surface area contributed by atoms with Crippen LogP contribution in [0.15, 0.2) is 42.5 Å². The Morgan fingerprint density at radius 3 is 2.30 bits per heavy atom. The number of aryl methyl sites for hydroxylation is 1. The number of hydrogen-bond donors (Lipinski definition) is 1. The summed E-state index contributed by atoms with van der Waals surface area (Å²) in [7, 11) is 0. The van der Waals surface area contributed by atoms with Gasteiger partial charge in [0.1, 0.15) is 11.6 Å². The van der Waals surface area contributed by atoms with Crippen molar-refractivity contribution in [3.05, 3.63) is 70.8 Å². The van der Waals surface area contributed by atoms with Crippen molar-refractivity contribution in [3.8, 4) is 0 Å². The van der Waals surface area contributed by atoms with Crippen molar-refractivity contribution in [2.45, 2.75) is 32.9 Å². The molecule has 0 fully saturated rings. The van der Waals surface area contributed by atoms with Crippen LogP contribution < -0.4 is 5.32 Å². The lowest BCUT2D eigenvalue weighted by atomic mass is 10.1. The molecule has 0 aliphatic rings. The van der Waals surface area contributed by atoms with Gasteiger partial charge < -0.3 is 5.32 Å². The number of benzene rings is 2. The summed E-state index contributed by atoms with van der Waals surface area (Å²) in [5.41, 5.74) is 2.83. The summed E-state index contributed by atoms with van der Waals surface area (Å²) in [5.74, 6) is -0.385. The summed E-state index contributed by atoms with van der Waals surface area (Å²) < 4.78 is 26.0. The number of hydrogen-bond acceptors (Lipinski definition) is 1. The van der Waals surface area contributed by atoms with Gasteiger partial charge in [-0.1, -0.05) is 24.3 Å². The maximum Gasteiger partial charge on any atom is 0.126 e. The first-order chi connectivity index (χ1) is 9.54. The van der Waals surface area contributed by atoms with Crippen LogP contribution in [0.3, 0.4) is 0 Å². The second kappa shape index (κ2) is 6.62. The normalized spacial score (nSPS) is 12.4. The first kappa shape index (κ1) is 14.7. The highest BCUT2D eigenvalue weighted by Gasteiger charge is 2.05. The third-order valence-corrected chi connectivity index (χ3v) is 3.33. The van der Waals surface area contributed by atoms with Crippen LogP contribution >= 0.6 is 0 Å². The van der Waals surface area contributed by atoms with E-state index in [-0.39, 0.29) is 17.7 Å². The van der Waals surface area contributed by atoms with Crippen LogP contribution in [0.2, 0.25) is 0 Å². The fraction of sp³-hybridized carbons (Fsp3) is 0.294. The summed E-state index contributed by atoms with van der Waals surface area (Å²) in [5, 5.41) is 3.39. The van der Waals surface area contributed by atoms with Crippen LogP contribution in [-0.2, 0) is 13.0 Å². The molecule has 1 N–H and O–H groups in total. The minimum Gasteiger partial charge on any atom is -0.310 e. The average molecular weight is 275 g/mol. The molecule has 2 rings (SSSR count). The van der Waals surface area contributed by atoms with E-state index in [1.165, 1.54) is 18.2 Å². The zero-order chi connectivity index (χ0) is 14.5. The van der Waals surface area contributed by atoms with Crippen molar-refractivity contribution >= 4 is 0 Å². The standard InChI is InChI=1S/C17H19F2N/c1-12-9-15(5-8-17(12)19)11-20-13(2)10-14-3-6-16(18)7-4-14/h3-9,13,20H,10-11H2,1-2H3. The molecule has 0 aliphatic carbocycles. The second-order valence-electron chi connectivity index (χ2n) is 5.20. The van der Waals surface area contributed by atoms with E-state index in [4.69, 9.17) is 0 Å². The van der Waals surface area contributed by atoms with Crippen LogP contribution in [0, 0.1) is 18.6 Å². The van der Waals surface area contributed by atoms with Crippen molar-refractivity contribution in [2.24, 2.45) is 0 Å². The highest BCUT2D eigenvalue weighted by atomic mass is 19.1. The van der Waals surface area contributed by atoms with Gasteiger partial charge in [-0.3, -0.25) is 0 Å². The van der Waals surface area contributed by atoms with Crippen LogP contribution in [0.25, 0.3) is 0 Å². The van der Waals surface area contributed by atoms with E-state index >= 15 is 0 Å². The highest BCUT2D eigenvalue weighted by molar-refractivity contribution is 5.24. The Kier molecular flexibility index (Phi) is 4.85. The van der Waals surface area contributed by atoms with E-state index in [2.05, 4.69) is 12.2 Å². The van der Waals surface area contributed by atoms with E-state index in [1.807, 2.05) is 6.07 Å². The van der Waals surface area contributed by atoms with Crippen LogP contribution in [0.4, 0.5) is 8.78 Å². The molecular weight excluding hydrogens is 256 g/mol. The van der Waals surface area contributed by atoms with E-state index in [1.54, 1.807) is 25.1 Å². The molecular formula is C17H19F2N. The van der Waals surface area contributed by atoms with Crippen LogP contribution in [0.1, 0.15) is 23.6 Å². The molecule has 0 bridgehead atoms. The van der Waals surface area contributed by atoms with Crippen molar-refractivity contribution in [1.29, 1.82) is 0 Å². The zero-order valence-corrected chi connectivity index (χ0v) is 11.8. The number of halogens is 2. The van der Waals surface area contributed by atoms with Crippen molar-refractivity contribution < 1.29 is 8.78 Å². The van der Waals surface area contributed by atoms with Gasteiger partial charge in [-0.25, -0.2) is 8.78 Å². The molecule has 3 heteroatoms. The van der Waals surface area contributed by atoms with Crippen molar-refractivity contribution in [3.63, 3.8) is 0 Å². The lowest BCUT2D eigenvalue weighted by Gasteiger charge is -2.14. The Balaban J connectivity index is 1.86. The summed E-state index contributed by atoms with van der Waals surface area (Å²) in [6, 6.07) is 12.0. The van der Waals surface area contributed by atoms with E-state index < -0.39 is 0 Å². The van der Waals surface area contributed by atoms with E-state index in [0.29, 0.717) is 12.1 Å². The third kappa shape index (κ3) is 4.14. The van der Waals surface area contributed by atoms with E-state index in [0.717, 1.165) is 17.5 Å². The predicted octanol–water partition coefficient (Wildman–Crippen LogP) is 3.99. The highest BCUT2D eigenvalue weighted by Crippen LogP contribution is 2.10. The first-order valence-electron chi connectivity index (χ1n) is 6.77. The number of nitrogens with one attached hydrogen (secondary N) is 1. The Morgan fingerprint density at radius 2 is 1.65 bits per heavy atom. The molecule has 2 aromatic carbocycles. The molecule has 0 saturated carbocycles. The molecule has 1 atom stereocenters. The van der Waals surface area contributed by atoms with Gasteiger partial charge in [0.2, 0.25) is 0 Å². The Morgan fingerprint density at radius 1 is 1.00 bits per heavy atom. The molecule has 0 aromatic heterocycles. The third-order valence-electron chi connectivity index (χ3n) is 3.33. The Bertz CT molecular complexity index is 564.